The molecule has 21 heavy (non-hydrogen) atoms. The zero-order valence-electron chi connectivity index (χ0n) is 12.4. The number of aryl methyl sites for hydroxylation is 1. The Morgan fingerprint density at radius 2 is 2.33 bits per heavy atom. The zero-order valence-corrected chi connectivity index (χ0v) is 12.4. The summed E-state index contributed by atoms with van der Waals surface area (Å²) in [5.74, 6) is -0.698. The standard InChI is InChI=1S/C14H22N4O3/c1-10(15)12-8-18(6-7-21-12)9-13(19)16-14(20)11-4-3-5-17(11)2/h3-5,10,12H,6-9,15H2,1-2H3,(H,16,19,20). The first kappa shape index (κ1) is 15.7. The summed E-state index contributed by atoms with van der Waals surface area (Å²) in [6.45, 7) is 3.86. The highest BCUT2D eigenvalue weighted by atomic mass is 16.5. The number of aromatic nitrogens is 1. The van der Waals surface area contributed by atoms with Gasteiger partial charge in [0, 0.05) is 32.4 Å². The molecule has 1 aromatic rings. The Balaban J connectivity index is 1.84. The molecule has 1 aliphatic rings. The molecule has 1 fully saturated rings. The number of hydrogen-bond donors (Lipinski definition) is 2. The minimum atomic E-state index is -0.385. The first-order chi connectivity index (χ1) is 9.97. The molecule has 0 aliphatic carbocycles. The summed E-state index contributed by atoms with van der Waals surface area (Å²) in [5.41, 5.74) is 6.27. The molecule has 0 radical (unpaired) electrons. The van der Waals surface area contributed by atoms with Crippen molar-refractivity contribution in [1.82, 2.24) is 14.8 Å². The topological polar surface area (TPSA) is 89.6 Å². The van der Waals surface area contributed by atoms with Gasteiger partial charge in [0.15, 0.2) is 0 Å². The molecule has 2 heterocycles. The largest absolute Gasteiger partial charge is 0.374 e. The number of nitrogens with one attached hydrogen (secondary N) is 1. The van der Waals surface area contributed by atoms with E-state index in [1.807, 2.05) is 11.8 Å². The summed E-state index contributed by atoms with van der Waals surface area (Å²) < 4.78 is 7.21. The van der Waals surface area contributed by atoms with Crippen LogP contribution in [0.15, 0.2) is 18.3 Å². The van der Waals surface area contributed by atoms with Crippen molar-refractivity contribution in [2.45, 2.75) is 19.1 Å². The third kappa shape index (κ3) is 4.13. The Bertz CT molecular complexity index is 512. The summed E-state index contributed by atoms with van der Waals surface area (Å²) >= 11 is 0. The molecule has 2 rings (SSSR count). The Hall–Kier alpha value is -1.70. The third-order valence-electron chi connectivity index (χ3n) is 3.56. The minimum absolute atomic E-state index is 0.0740. The molecule has 3 N–H and O–H groups in total. The fraction of sp³-hybridized carbons (Fsp3) is 0.571. The van der Waals surface area contributed by atoms with Crippen molar-refractivity contribution in [3.8, 4) is 0 Å². The molecule has 0 spiro atoms. The van der Waals surface area contributed by atoms with E-state index in [9.17, 15) is 9.59 Å². The Labute approximate surface area is 124 Å². The molecule has 7 nitrogen and oxygen atoms in total. The Morgan fingerprint density at radius 3 is 2.95 bits per heavy atom. The van der Waals surface area contributed by atoms with Crippen molar-refractivity contribution in [3.63, 3.8) is 0 Å². The molecule has 116 valence electrons. The fourth-order valence-corrected chi connectivity index (χ4v) is 2.32. The molecule has 1 aliphatic heterocycles. The van der Waals surface area contributed by atoms with Gasteiger partial charge in [-0.2, -0.15) is 0 Å². The van der Waals surface area contributed by atoms with Crippen LogP contribution in [-0.2, 0) is 16.6 Å². The van der Waals surface area contributed by atoms with E-state index < -0.39 is 0 Å². The van der Waals surface area contributed by atoms with Crippen LogP contribution < -0.4 is 11.1 Å². The second kappa shape index (κ2) is 6.84. The number of morpholine rings is 1. The van der Waals surface area contributed by atoms with Crippen LogP contribution >= 0.6 is 0 Å². The summed E-state index contributed by atoms with van der Waals surface area (Å²) in [6.07, 6.45) is 1.68. The predicted octanol–water partition coefficient (Wildman–Crippen LogP) is -0.670. The quantitative estimate of drug-likeness (QED) is 0.769. The van der Waals surface area contributed by atoms with E-state index >= 15 is 0 Å². The van der Waals surface area contributed by atoms with Crippen LogP contribution in [0.25, 0.3) is 0 Å². The lowest BCUT2D eigenvalue weighted by Crippen LogP contribution is -2.52. The molecular weight excluding hydrogens is 272 g/mol. The second-order valence-corrected chi connectivity index (χ2v) is 5.39. The van der Waals surface area contributed by atoms with Crippen LogP contribution in [0, 0.1) is 0 Å². The molecule has 0 aromatic carbocycles. The molecular formula is C14H22N4O3. The maximum absolute atomic E-state index is 11.9. The number of carbonyl (C=O) groups excluding carboxylic acids is 2. The number of nitrogens with two attached hydrogens (primary N) is 1. The minimum Gasteiger partial charge on any atom is -0.374 e. The summed E-state index contributed by atoms with van der Waals surface area (Å²) in [7, 11) is 1.76. The summed E-state index contributed by atoms with van der Waals surface area (Å²) in [4.78, 5) is 25.8. The lowest BCUT2D eigenvalue weighted by atomic mass is 10.1. The molecule has 2 atom stereocenters. The van der Waals surface area contributed by atoms with Crippen molar-refractivity contribution in [2.75, 3.05) is 26.2 Å². The van der Waals surface area contributed by atoms with Crippen molar-refractivity contribution >= 4 is 11.8 Å². The van der Waals surface area contributed by atoms with Gasteiger partial charge in [0.05, 0.1) is 19.3 Å². The van der Waals surface area contributed by atoms with Crippen LogP contribution in [0.4, 0.5) is 0 Å². The fourth-order valence-electron chi connectivity index (χ4n) is 2.32. The van der Waals surface area contributed by atoms with E-state index in [0.717, 1.165) is 0 Å². The van der Waals surface area contributed by atoms with E-state index in [1.54, 1.807) is 29.9 Å². The predicted molar refractivity (Wildman–Crippen MR) is 77.7 cm³/mol. The van der Waals surface area contributed by atoms with Gasteiger partial charge in [0.25, 0.3) is 5.91 Å². The SMILES string of the molecule is CC(N)C1CN(CC(=O)NC(=O)c2cccn2C)CCO1. The maximum atomic E-state index is 11.9. The average molecular weight is 294 g/mol. The molecule has 0 saturated carbocycles. The van der Waals surface area contributed by atoms with Gasteiger partial charge in [-0.25, -0.2) is 0 Å². The van der Waals surface area contributed by atoms with Gasteiger partial charge >= 0.3 is 0 Å². The van der Waals surface area contributed by atoms with Crippen molar-refractivity contribution in [2.24, 2.45) is 12.8 Å². The van der Waals surface area contributed by atoms with Gasteiger partial charge in [-0.1, -0.05) is 0 Å². The number of rotatable bonds is 4. The molecule has 7 heteroatoms. The third-order valence-corrected chi connectivity index (χ3v) is 3.56. The van der Waals surface area contributed by atoms with Crippen molar-refractivity contribution in [3.05, 3.63) is 24.0 Å². The van der Waals surface area contributed by atoms with Crippen LogP contribution in [0.3, 0.4) is 0 Å². The number of nitrogens with zero attached hydrogens (tertiary/aromatic N) is 2. The Kier molecular flexibility index (Phi) is 5.11. The molecule has 1 aromatic heterocycles. The van der Waals surface area contributed by atoms with Crippen LogP contribution in [0.1, 0.15) is 17.4 Å². The lowest BCUT2D eigenvalue weighted by molar-refractivity contribution is -0.123. The van der Waals surface area contributed by atoms with E-state index in [1.165, 1.54) is 0 Å². The van der Waals surface area contributed by atoms with Gasteiger partial charge in [-0.15, -0.1) is 0 Å². The lowest BCUT2D eigenvalue weighted by Gasteiger charge is -2.34. The summed E-state index contributed by atoms with van der Waals surface area (Å²) in [5, 5.41) is 2.40. The first-order valence-corrected chi connectivity index (χ1v) is 7.02. The summed E-state index contributed by atoms with van der Waals surface area (Å²) in [6, 6.07) is 3.35. The van der Waals surface area contributed by atoms with Gasteiger partial charge in [-0.05, 0) is 19.1 Å². The van der Waals surface area contributed by atoms with Crippen LogP contribution in [0.5, 0.6) is 0 Å². The second-order valence-electron chi connectivity index (χ2n) is 5.39. The van der Waals surface area contributed by atoms with Crippen molar-refractivity contribution < 1.29 is 14.3 Å². The normalized spacial score (nSPS) is 21.0. The first-order valence-electron chi connectivity index (χ1n) is 7.02. The van der Waals surface area contributed by atoms with Crippen molar-refractivity contribution in [1.29, 1.82) is 0 Å². The smallest absolute Gasteiger partial charge is 0.274 e. The molecule has 1 saturated heterocycles. The zero-order chi connectivity index (χ0) is 15.4. The van der Waals surface area contributed by atoms with Gasteiger partial charge in [0.1, 0.15) is 5.69 Å². The number of amides is 2. The van der Waals surface area contributed by atoms with E-state index in [2.05, 4.69) is 5.32 Å². The maximum Gasteiger partial charge on any atom is 0.274 e. The number of hydrogen-bond acceptors (Lipinski definition) is 5. The van der Waals surface area contributed by atoms with E-state index in [-0.39, 0.29) is 30.5 Å². The highest BCUT2D eigenvalue weighted by Crippen LogP contribution is 2.07. The van der Waals surface area contributed by atoms with Crippen LogP contribution in [-0.4, -0.2) is 59.7 Å². The van der Waals surface area contributed by atoms with E-state index in [0.29, 0.717) is 25.4 Å². The van der Waals surface area contributed by atoms with Gasteiger partial charge < -0.3 is 15.0 Å². The molecule has 2 amide bonds. The molecule has 2 unspecified atom stereocenters. The highest BCUT2D eigenvalue weighted by molar-refractivity contribution is 6.04. The Morgan fingerprint density at radius 1 is 1.57 bits per heavy atom. The van der Waals surface area contributed by atoms with E-state index in [4.69, 9.17) is 10.5 Å². The number of imide groups is 1. The highest BCUT2D eigenvalue weighted by Gasteiger charge is 2.25. The van der Waals surface area contributed by atoms with Crippen LogP contribution in [0.2, 0.25) is 0 Å². The molecule has 0 bridgehead atoms. The number of carbonyl (C=O) groups is 2. The van der Waals surface area contributed by atoms with Gasteiger partial charge in [0.2, 0.25) is 5.91 Å². The monoisotopic (exact) mass is 294 g/mol. The number of ether oxygens (including phenoxy) is 1. The average Bonchev–Trinajstić information content (AvgIpc) is 2.85. The van der Waals surface area contributed by atoms with Gasteiger partial charge in [-0.3, -0.25) is 19.8 Å².